The van der Waals surface area contributed by atoms with Crippen LogP contribution >= 0.6 is 15.9 Å². The molecule has 0 spiro atoms. The van der Waals surface area contributed by atoms with Gasteiger partial charge in [0.25, 0.3) is 5.91 Å². The molecule has 7 heteroatoms. The van der Waals surface area contributed by atoms with Crippen molar-refractivity contribution in [1.29, 1.82) is 0 Å². The Morgan fingerprint density at radius 3 is 2.55 bits per heavy atom. The molecule has 0 aliphatic rings. The topological polar surface area (TPSA) is 79.8 Å². The highest BCUT2D eigenvalue weighted by molar-refractivity contribution is 9.10. The Labute approximate surface area is 179 Å². The van der Waals surface area contributed by atoms with E-state index in [9.17, 15) is 9.59 Å². The Bertz CT molecular complexity index is 910. The molecule has 29 heavy (non-hydrogen) atoms. The molecule has 154 valence electrons. The van der Waals surface area contributed by atoms with E-state index < -0.39 is 5.91 Å². The molecule has 0 aliphatic carbocycles. The lowest BCUT2D eigenvalue weighted by atomic mass is 10.0. The summed E-state index contributed by atoms with van der Waals surface area (Å²) in [5.74, 6) is 0.291. The number of nitrogens with one attached hydrogen (secondary N) is 2. The lowest BCUT2D eigenvalue weighted by Crippen LogP contribution is -2.26. The number of carbonyl (C=O) groups is 2. The maximum Gasteiger partial charge on any atom is 0.277 e. The third-order valence-electron chi connectivity index (χ3n) is 4.09. The number of ether oxygens (including phenoxy) is 1. The molecule has 0 radical (unpaired) electrons. The van der Waals surface area contributed by atoms with Gasteiger partial charge < -0.3 is 10.1 Å². The molecule has 0 aromatic heterocycles. The number of para-hydroxylation sites is 1. The zero-order valence-corrected chi connectivity index (χ0v) is 18.7. The van der Waals surface area contributed by atoms with Crippen LogP contribution < -0.4 is 15.5 Å². The van der Waals surface area contributed by atoms with E-state index >= 15 is 0 Å². The first kappa shape index (κ1) is 22.6. The van der Waals surface area contributed by atoms with Crippen molar-refractivity contribution in [3.8, 4) is 5.75 Å². The summed E-state index contributed by atoms with van der Waals surface area (Å²) in [6, 6.07) is 13.3. The van der Waals surface area contributed by atoms with E-state index in [1.165, 1.54) is 0 Å². The van der Waals surface area contributed by atoms with Crippen LogP contribution in [0.25, 0.3) is 0 Å². The van der Waals surface area contributed by atoms with Crippen molar-refractivity contribution in [3.63, 3.8) is 0 Å². The van der Waals surface area contributed by atoms with Gasteiger partial charge in [0.15, 0.2) is 6.61 Å². The first-order chi connectivity index (χ1) is 13.8. The third kappa shape index (κ3) is 7.34. The summed E-state index contributed by atoms with van der Waals surface area (Å²) >= 11 is 3.40. The molecule has 2 aromatic rings. The number of hydrogen-bond acceptors (Lipinski definition) is 4. The molecule has 6 nitrogen and oxygen atoms in total. The van der Waals surface area contributed by atoms with Crippen LogP contribution in [0.15, 0.2) is 52.0 Å². The highest BCUT2D eigenvalue weighted by Crippen LogP contribution is 2.25. The van der Waals surface area contributed by atoms with Crippen molar-refractivity contribution >= 4 is 39.1 Å². The largest absolute Gasteiger partial charge is 0.483 e. The van der Waals surface area contributed by atoms with E-state index in [0.717, 1.165) is 21.3 Å². The fourth-order valence-corrected chi connectivity index (χ4v) is 3.24. The van der Waals surface area contributed by atoms with Gasteiger partial charge in [0.2, 0.25) is 5.91 Å². The van der Waals surface area contributed by atoms with Crippen molar-refractivity contribution in [3.05, 3.63) is 58.1 Å². The minimum atomic E-state index is -0.401. The van der Waals surface area contributed by atoms with Gasteiger partial charge in [-0.2, -0.15) is 5.10 Å². The van der Waals surface area contributed by atoms with Crippen LogP contribution in [0.3, 0.4) is 0 Å². The monoisotopic (exact) mass is 459 g/mol. The van der Waals surface area contributed by atoms with E-state index in [1.807, 2.05) is 43.3 Å². The number of hydrogen-bond donors (Lipinski definition) is 2. The second-order valence-electron chi connectivity index (χ2n) is 7.07. The molecular weight excluding hydrogens is 434 g/mol. The molecule has 0 atom stereocenters. The van der Waals surface area contributed by atoms with Crippen molar-refractivity contribution in [1.82, 2.24) is 5.43 Å². The summed E-state index contributed by atoms with van der Waals surface area (Å²) in [5.41, 5.74) is 5.86. The standard InChI is InChI=1S/C22H26BrN3O3/c1-14(2)17-7-5-6-8-19(17)24-21(27)12-16(4)25-26-22(28)13-29-20-10-9-15(3)11-18(20)23/h5-11,14H,12-13H2,1-4H3,(H,24,27)(H,26,28)/b25-16+. The normalized spacial score (nSPS) is 11.3. The molecule has 0 saturated carbocycles. The smallest absolute Gasteiger partial charge is 0.277 e. The number of carbonyl (C=O) groups excluding carboxylic acids is 2. The quantitative estimate of drug-likeness (QED) is 0.440. The summed E-state index contributed by atoms with van der Waals surface area (Å²) in [6.45, 7) is 7.63. The van der Waals surface area contributed by atoms with E-state index in [2.05, 4.69) is 45.6 Å². The van der Waals surface area contributed by atoms with Gasteiger partial charge in [0.1, 0.15) is 5.75 Å². The summed E-state index contributed by atoms with van der Waals surface area (Å²) < 4.78 is 6.25. The molecule has 0 heterocycles. The van der Waals surface area contributed by atoms with Gasteiger partial charge in [-0.1, -0.05) is 38.1 Å². The van der Waals surface area contributed by atoms with Crippen molar-refractivity contribution in [2.45, 2.75) is 40.0 Å². The molecule has 0 fully saturated rings. The number of benzene rings is 2. The number of anilines is 1. The highest BCUT2D eigenvalue weighted by atomic mass is 79.9. The molecule has 2 aromatic carbocycles. The minimum absolute atomic E-state index is 0.0804. The lowest BCUT2D eigenvalue weighted by Gasteiger charge is -2.13. The van der Waals surface area contributed by atoms with Gasteiger partial charge in [-0.3, -0.25) is 9.59 Å². The average molecular weight is 460 g/mol. The van der Waals surface area contributed by atoms with Gasteiger partial charge in [-0.25, -0.2) is 5.43 Å². The van der Waals surface area contributed by atoms with Gasteiger partial charge in [0.05, 0.1) is 10.9 Å². The number of rotatable bonds is 8. The molecule has 0 bridgehead atoms. The van der Waals surface area contributed by atoms with Crippen LogP contribution in [0.5, 0.6) is 5.75 Å². The predicted octanol–water partition coefficient (Wildman–Crippen LogP) is 4.78. The molecule has 0 unspecified atom stereocenters. The molecule has 2 amide bonds. The van der Waals surface area contributed by atoms with Gasteiger partial charge in [-0.15, -0.1) is 0 Å². The Hall–Kier alpha value is -2.67. The molecule has 0 aliphatic heterocycles. The van der Waals surface area contributed by atoms with Crippen LogP contribution in [0, 0.1) is 6.92 Å². The Balaban J connectivity index is 1.83. The van der Waals surface area contributed by atoms with E-state index in [0.29, 0.717) is 17.4 Å². The number of amides is 2. The number of halogens is 1. The van der Waals surface area contributed by atoms with Crippen LogP contribution in [0.2, 0.25) is 0 Å². The highest BCUT2D eigenvalue weighted by Gasteiger charge is 2.11. The molecule has 0 saturated heterocycles. The summed E-state index contributed by atoms with van der Waals surface area (Å²) in [5, 5.41) is 6.88. The molecule has 2 rings (SSSR count). The molecular formula is C22H26BrN3O3. The van der Waals surface area contributed by atoms with E-state index in [4.69, 9.17) is 4.74 Å². The van der Waals surface area contributed by atoms with Crippen molar-refractivity contribution in [2.75, 3.05) is 11.9 Å². The maximum absolute atomic E-state index is 12.3. The number of nitrogens with zero attached hydrogens (tertiary/aromatic N) is 1. The number of aryl methyl sites for hydroxylation is 1. The number of hydrazone groups is 1. The van der Waals surface area contributed by atoms with Crippen LogP contribution in [-0.4, -0.2) is 24.1 Å². The van der Waals surface area contributed by atoms with Gasteiger partial charge in [-0.05, 0) is 65.0 Å². The van der Waals surface area contributed by atoms with Gasteiger partial charge >= 0.3 is 0 Å². The summed E-state index contributed by atoms with van der Waals surface area (Å²) in [7, 11) is 0. The first-order valence-corrected chi connectivity index (χ1v) is 10.1. The van der Waals surface area contributed by atoms with Crippen molar-refractivity contribution < 1.29 is 14.3 Å². The second kappa shape index (κ2) is 10.8. The first-order valence-electron chi connectivity index (χ1n) is 9.36. The van der Waals surface area contributed by atoms with Crippen molar-refractivity contribution in [2.24, 2.45) is 5.10 Å². The summed E-state index contributed by atoms with van der Waals surface area (Å²) in [4.78, 5) is 24.2. The Morgan fingerprint density at radius 2 is 1.86 bits per heavy atom. The summed E-state index contributed by atoms with van der Waals surface area (Å²) in [6.07, 6.45) is 0.0804. The zero-order valence-electron chi connectivity index (χ0n) is 17.1. The van der Waals surface area contributed by atoms with Gasteiger partial charge in [0, 0.05) is 11.4 Å². The zero-order chi connectivity index (χ0) is 21.4. The fourth-order valence-electron chi connectivity index (χ4n) is 2.64. The second-order valence-corrected chi connectivity index (χ2v) is 7.93. The maximum atomic E-state index is 12.3. The fraction of sp³-hybridized carbons (Fsp3) is 0.318. The third-order valence-corrected chi connectivity index (χ3v) is 4.71. The SMILES string of the molecule is C/C(CC(=O)Nc1ccccc1C(C)C)=N\NC(=O)COc1ccc(C)cc1Br. The van der Waals surface area contributed by atoms with Crippen LogP contribution in [-0.2, 0) is 9.59 Å². The van der Waals surface area contributed by atoms with E-state index in [1.54, 1.807) is 13.0 Å². The predicted molar refractivity (Wildman–Crippen MR) is 119 cm³/mol. The lowest BCUT2D eigenvalue weighted by molar-refractivity contribution is -0.123. The minimum Gasteiger partial charge on any atom is -0.483 e. The van der Waals surface area contributed by atoms with Crippen LogP contribution in [0.1, 0.15) is 44.2 Å². The average Bonchev–Trinajstić information content (AvgIpc) is 2.65. The Morgan fingerprint density at radius 1 is 1.14 bits per heavy atom. The van der Waals surface area contributed by atoms with E-state index in [-0.39, 0.29) is 18.9 Å². The Kier molecular flexibility index (Phi) is 8.39. The van der Waals surface area contributed by atoms with Crippen LogP contribution in [0.4, 0.5) is 5.69 Å². The molecule has 2 N–H and O–H groups in total.